The molecule has 4 atom stereocenters. The largest absolute Gasteiger partial charge is 0.390 e. The van der Waals surface area contributed by atoms with Gasteiger partial charge in [-0.2, -0.15) is 0 Å². The quantitative estimate of drug-likeness (QED) is 0.413. The molecule has 2 aliphatic carbocycles. The van der Waals surface area contributed by atoms with E-state index >= 15 is 0 Å². The van der Waals surface area contributed by atoms with E-state index in [0.29, 0.717) is 17.8 Å². The third-order valence-electron chi connectivity index (χ3n) is 6.31. The maximum absolute atomic E-state index is 11.8. The van der Waals surface area contributed by atoms with Gasteiger partial charge in [0.1, 0.15) is 0 Å². The normalized spacial score (nSPS) is 43.7. The number of carbonyl (C=O) groups is 1. The highest BCUT2D eigenvalue weighted by molar-refractivity contribution is 5.75. The van der Waals surface area contributed by atoms with Crippen molar-refractivity contribution >= 4 is 5.91 Å². The fourth-order valence-corrected chi connectivity index (χ4v) is 5.32. The van der Waals surface area contributed by atoms with Crippen molar-refractivity contribution in [2.75, 3.05) is 0 Å². The highest BCUT2D eigenvalue weighted by Gasteiger charge is 2.58. The summed E-state index contributed by atoms with van der Waals surface area (Å²) in [5.74, 6) is 5.65. The van der Waals surface area contributed by atoms with Gasteiger partial charge in [0.2, 0.25) is 5.91 Å². The Balaban J connectivity index is 2.35. The molecule has 0 heterocycles. The van der Waals surface area contributed by atoms with Crippen molar-refractivity contribution in [2.45, 2.75) is 71.8 Å². The lowest BCUT2D eigenvalue weighted by Gasteiger charge is -2.61. The second kappa shape index (κ2) is 4.99. The van der Waals surface area contributed by atoms with Gasteiger partial charge in [-0.25, -0.2) is 5.84 Å². The van der Waals surface area contributed by atoms with E-state index in [1.165, 1.54) is 12.8 Å². The van der Waals surface area contributed by atoms with Crippen molar-refractivity contribution < 1.29 is 9.90 Å². The Labute approximate surface area is 122 Å². The molecule has 0 unspecified atom stereocenters. The van der Waals surface area contributed by atoms with Crippen LogP contribution >= 0.6 is 0 Å². The van der Waals surface area contributed by atoms with Crippen molar-refractivity contribution in [2.24, 2.45) is 28.5 Å². The molecule has 0 aromatic heterocycles. The predicted molar refractivity (Wildman–Crippen MR) is 79.5 cm³/mol. The van der Waals surface area contributed by atoms with E-state index in [2.05, 4.69) is 26.2 Å². The van der Waals surface area contributed by atoms with E-state index in [-0.39, 0.29) is 17.2 Å². The van der Waals surface area contributed by atoms with Crippen LogP contribution in [0.25, 0.3) is 0 Å². The van der Waals surface area contributed by atoms with Gasteiger partial charge in [0.25, 0.3) is 0 Å². The van der Waals surface area contributed by atoms with E-state index < -0.39 is 5.60 Å². The number of hydrogen-bond donors (Lipinski definition) is 3. The summed E-state index contributed by atoms with van der Waals surface area (Å²) in [6, 6.07) is 0. The van der Waals surface area contributed by atoms with Crippen molar-refractivity contribution in [1.82, 2.24) is 5.43 Å². The first kappa shape index (κ1) is 15.8. The third kappa shape index (κ3) is 2.48. The topological polar surface area (TPSA) is 75.3 Å². The van der Waals surface area contributed by atoms with Crippen LogP contribution in [0, 0.1) is 22.7 Å². The Morgan fingerprint density at radius 1 is 1.25 bits per heavy atom. The standard InChI is InChI=1S/C16H30N2O2/c1-14(2)7-5-8-15(3)11(14)6-9-16(4,20)12(15)10-13(19)18-17/h11-12,20H,5-10,17H2,1-4H3,(H,18,19)/t11-,12-,15-,16+/m1/s1. The maximum atomic E-state index is 11.8. The Bertz CT molecular complexity index is 392. The molecule has 20 heavy (non-hydrogen) atoms. The first-order valence-electron chi connectivity index (χ1n) is 7.85. The summed E-state index contributed by atoms with van der Waals surface area (Å²) >= 11 is 0. The molecule has 4 heteroatoms. The van der Waals surface area contributed by atoms with E-state index in [1.807, 2.05) is 6.92 Å². The lowest BCUT2D eigenvalue weighted by atomic mass is 9.45. The van der Waals surface area contributed by atoms with Crippen LogP contribution in [0.1, 0.15) is 66.2 Å². The molecule has 1 amide bonds. The molecule has 2 fully saturated rings. The molecule has 116 valence electrons. The van der Waals surface area contributed by atoms with Crippen molar-refractivity contribution in [3.63, 3.8) is 0 Å². The van der Waals surface area contributed by atoms with E-state index in [9.17, 15) is 9.90 Å². The van der Waals surface area contributed by atoms with Crippen LogP contribution in [0.5, 0.6) is 0 Å². The number of fused-ring (bicyclic) bond motifs is 1. The summed E-state index contributed by atoms with van der Waals surface area (Å²) in [5, 5.41) is 10.8. The van der Waals surface area contributed by atoms with Gasteiger partial charge in [0.15, 0.2) is 0 Å². The monoisotopic (exact) mass is 282 g/mol. The number of hydrogen-bond acceptors (Lipinski definition) is 3. The zero-order valence-electron chi connectivity index (χ0n) is 13.3. The summed E-state index contributed by atoms with van der Waals surface area (Å²) in [5.41, 5.74) is 1.78. The molecule has 0 radical (unpaired) electrons. The second-order valence-corrected chi connectivity index (χ2v) is 8.12. The van der Waals surface area contributed by atoms with E-state index in [1.54, 1.807) is 0 Å². The lowest BCUT2D eigenvalue weighted by Crippen LogP contribution is -2.58. The Kier molecular flexibility index (Phi) is 3.93. The average molecular weight is 282 g/mol. The highest BCUT2D eigenvalue weighted by atomic mass is 16.3. The average Bonchev–Trinajstić information content (AvgIpc) is 2.32. The van der Waals surface area contributed by atoms with E-state index in [0.717, 1.165) is 19.3 Å². The van der Waals surface area contributed by atoms with E-state index in [4.69, 9.17) is 5.84 Å². The number of nitrogens with two attached hydrogens (primary N) is 1. The molecule has 0 bridgehead atoms. The smallest absolute Gasteiger partial charge is 0.234 e. The first-order valence-corrected chi connectivity index (χ1v) is 7.85. The van der Waals surface area contributed by atoms with Crippen molar-refractivity contribution in [3.05, 3.63) is 0 Å². The summed E-state index contributed by atoms with van der Waals surface area (Å²) in [7, 11) is 0. The minimum absolute atomic E-state index is 0.0168. The molecule has 2 rings (SSSR count). The van der Waals surface area contributed by atoms with Gasteiger partial charge in [0, 0.05) is 12.3 Å². The summed E-state index contributed by atoms with van der Waals surface area (Å²) in [4.78, 5) is 11.8. The summed E-state index contributed by atoms with van der Waals surface area (Å²) in [6.45, 7) is 8.86. The Morgan fingerprint density at radius 3 is 2.50 bits per heavy atom. The van der Waals surface area contributed by atoms with Gasteiger partial charge in [-0.1, -0.05) is 27.2 Å². The summed E-state index contributed by atoms with van der Waals surface area (Å²) in [6.07, 6.45) is 5.67. The molecule has 0 saturated heterocycles. The number of aliphatic hydroxyl groups is 1. The molecule has 2 aliphatic rings. The van der Waals surface area contributed by atoms with Crippen LogP contribution in [0.2, 0.25) is 0 Å². The number of carbonyl (C=O) groups excluding carboxylic acids is 1. The molecule has 0 spiro atoms. The molecule has 0 aromatic rings. The molecule has 0 aromatic carbocycles. The first-order chi connectivity index (χ1) is 9.13. The number of nitrogens with one attached hydrogen (secondary N) is 1. The molecule has 4 nitrogen and oxygen atoms in total. The van der Waals surface area contributed by atoms with Gasteiger partial charge >= 0.3 is 0 Å². The Hall–Kier alpha value is -0.610. The highest BCUT2D eigenvalue weighted by Crippen LogP contribution is 2.62. The molecular formula is C16H30N2O2. The van der Waals surface area contributed by atoms with Crippen molar-refractivity contribution in [1.29, 1.82) is 0 Å². The van der Waals surface area contributed by atoms with Crippen LogP contribution in [0.15, 0.2) is 0 Å². The number of rotatable bonds is 2. The van der Waals surface area contributed by atoms with Gasteiger partial charge < -0.3 is 5.11 Å². The fourth-order valence-electron chi connectivity index (χ4n) is 5.32. The zero-order chi connectivity index (χ0) is 15.2. The SMILES string of the molecule is CC1(C)CCC[C@]2(C)[C@@H]1CC[C@](C)(O)[C@@H]2CC(=O)NN. The van der Waals surface area contributed by atoms with Gasteiger partial charge in [-0.3, -0.25) is 10.2 Å². The third-order valence-corrected chi connectivity index (χ3v) is 6.31. The van der Waals surface area contributed by atoms with Crippen LogP contribution in [-0.4, -0.2) is 16.6 Å². The molecular weight excluding hydrogens is 252 g/mol. The van der Waals surface area contributed by atoms with Crippen LogP contribution in [-0.2, 0) is 4.79 Å². The number of hydrazine groups is 1. The molecule has 4 N–H and O–H groups in total. The maximum Gasteiger partial charge on any atom is 0.234 e. The van der Waals surface area contributed by atoms with Gasteiger partial charge in [-0.05, 0) is 49.4 Å². The minimum atomic E-state index is -0.773. The van der Waals surface area contributed by atoms with Crippen molar-refractivity contribution in [3.8, 4) is 0 Å². The second-order valence-electron chi connectivity index (χ2n) is 8.12. The van der Waals surface area contributed by atoms with Gasteiger partial charge in [-0.15, -0.1) is 0 Å². The molecule has 2 saturated carbocycles. The predicted octanol–water partition coefficient (Wildman–Crippen LogP) is 2.36. The van der Waals surface area contributed by atoms with Crippen LogP contribution in [0.4, 0.5) is 0 Å². The zero-order valence-corrected chi connectivity index (χ0v) is 13.3. The summed E-state index contributed by atoms with van der Waals surface area (Å²) < 4.78 is 0. The van der Waals surface area contributed by atoms with Crippen LogP contribution < -0.4 is 11.3 Å². The molecule has 0 aliphatic heterocycles. The Morgan fingerprint density at radius 2 is 1.90 bits per heavy atom. The minimum Gasteiger partial charge on any atom is -0.390 e. The van der Waals surface area contributed by atoms with Gasteiger partial charge in [0.05, 0.1) is 5.60 Å². The number of amides is 1. The van der Waals surface area contributed by atoms with Crippen LogP contribution in [0.3, 0.4) is 0 Å². The lowest BCUT2D eigenvalue weighted by molar-refractivity contribution is -0.173. The fraction of sp³-hybridized carbons (Fsp3) is 0.938.